The van der Waals surface area contributed by atoms with Crippen LogP contribution >= 0.6 is 0 Å². The molecule has 0 aliphatic rings. The third-order valence-electron chi connectivity index (χ3n) is 8.46. The van der Waals surface area contributed by atoms with E-state index in [4.69, 9.17) is 36.1 Å². The molecule has 0 spiro atoms. The van der Waals surface area contributed by atoms with Gasteiger partial charge in [-0.05, 0) is 60.4 Å². The highest BCUT2D eigenvalue weighted by atomic mass is 15.0. The van der Waals surface area contributed by atoms with Gasteiger partial charge in [0.25, 0.3) is 0 Å². The zero-order chi connectivity index (χ0) is 33.8. The molecule has 4 aromatic carbocycles. The quantitative estimate of drug-likeness (QED) is 0.0898. The summed E-state index contributed by atoms with van der Waals surface area (Å²) in [5, 5.41) is 13.7. The van der Waals surface area contributed by atoms with Gasteiger partial charge in [0.15, 0.2) is 17.5 Å². The molecule has 7 heteroatoms. The SMILES string of the molecule is C=C/C=C(\C=N)c1nc(C(=NC)c2ccccc2C(=C)c2nc3cccc(C)c3c3c2ccc2ccccc23)nc(/C(C)=C/CCN)n1. The van der Waals surface area contributed by atoms with Gasteiger partial charge in [-0.3, -0.25) is 4.99 Å². The predicted molar refractivity (Wildman–Crippen MR) is 202 cm³/mol. The molecule has 0 saturated heterocycles. The summed E-state index contributed by atoms with van der Waals surface area (Å²) < 4.78 is 0. The molecule has 6 rings (SSSR count). The van der Waals surface area contributed by atoms with Crippen LogP contribution in [0.1, 0.15) is 53.2 Å². The first-order valence-corrected chi connectivity index (χ1v) is 15.8. The third kappa shape index (κ3) is 5.87. The fourth-order valence-electron chi connectivity index (χ4n) is 6.13. The molecule has 0 aliphatic heterocycles. The van der Waals surface area contributed by atoms with Gasteiger partial charge in [-0.2, -0.15) is 0 Å². The Balaban J connectivity index is 1.58. The number of hydrogen-bond acceptors (Lipinski definition) is 7. The summed E-state index contributed by atoms with van der Waals surface area (Å²) in [5.41, 5.74) is 13.0. The molecule has 48 heavy (non-hydrogen) atoms. The average molecular weight is 628 g/mol. The Kier molecular flexibility index (Phi) is 9.23. The summed E-state index contributed by atoms with van der Waals surface area (Å²) in [7, 11) is 1.73. The molecular weight excluding hydrogens is 591 g/mol. The summed E-state index contributed by atoms with van der Waals surface area (Å²) in [6.07, 6.45) is 7.21. The van der Waals surface area contributed by atoms with Gasteiger partial charge in [0.2, 0.25) is 0 Å². The van der Waals surface area contributed by atoms with E-state index in [2.05, 4.69) is 68.6 Å². The van der Waals surface area contributed by atoms with E-state index >= 15 is 0 Å². The second kappa shape index (κ2) is 13.8. The van der Waals surface area contributed by atoms with E-state index in [1.807, 2.05) is 43.3 Å². The summed E-state index contributed by atoms with van der Waals surface area (Å²) in [4.78, 5) is 24.4. The fourth-order valence-corrected chi connectivity index (χ4v) is 6.13. The second-order valence-corrected chi connectivity index (χ2v) is 11.5. The minimum atomic E-state index is 0.354. The number of allylic oxidation sites excluding steroid dienone is 4. The Morgan fingerprint density at radius 2 is 1.56 bits per heavy atom. The van der Waals surface area contributed by atoms with Crippen LogP contribution in [0.15, 0.2) is 115 Å². The molecule has 6 aromatic rings. The molecule has 2 heterocycles. The molecular formula is C41H37N7. The number of pyridine rings is 1. The Hall–Kier alpha value is -5.92. The van der Waals surface area contributed by atoms with Crippen LogP contribution in [0.4, 0.5) is 0 Å². The van der Waals surface area contributed by atoms with Gasteiger partial charge < -0.3 is 11.1 Å². The Labute approximate surface area is 280 Å². The first-order valence-electron chi connectivity index (χ1n) is 15.8. The monoisotopic (exact) mass is 627 g/mol. The van der Waals surface area contributed by atoms with Gasteiger partial charge >= 0.3 is 0 Å². The van der Waals surface area contributed by atoms with Gasteiger partial charge in [0.05, 0.1) is 11.2 Å². The highest BCUT2D eigenvalue weighted by Crippen LogP contribution is 2.38. The molecule has 0 unspecified atom stereocenters. The second-order valence-electron chi connectivity index (χ2n) is 11.5. The number of nitrogens with two attached hydrogens (primary N) is 1. The molecule has 0 aliphatic carbocycles. The maximum absolute atomic E-state index is 8.03. The lowest BCUT2D eigenvalue weighted by Crippen LogP contribution is -2.16. The Morgan fingerprint density at radius 1 is 0.833 bits per heavy atom. The van der Waals surface area contributed by atoms with E-state index in [0.717, 1.165) is 49.6 Å². The molecule has 0 atom stereocenters. The van der Waals surface area contributed by atoms with Gasteiger partial charge in [0.1, 0.15) is 5.71 Å². The van der Waals surface area contributed by atoms with Crippen LogP contribution < -0.4 is 5.73 Å². The van der Waals surface area contributed by atoms with Crippen LogP contribution in [0.3, 0.4) is 0 Å². The average Bonchev–Trinajstić information content (AvgIpc) is 3.12. The largest absolute Gasteiger partial charge is 0.330 e. The fraction of sp³-hybridized carbons (Fsp3) is 0.122. The first-order chi connectivity index (χ1) is 23.4. The van der Waals surface area contributed by atoms with Crippen molar-refractivity contribution in [2.24, 2.45) is 10.7 Å². The number of fused-ring (bicyclic) bond motifs is 5. The maximum Gasteiger partial charge on any atom is 0.182 e. The molecule has 0 bridgehead atoms. The number of aryl methyl sites for hydroxylation is 1. The van der Waals surface area contributed by atoms with Crippen LogP contribution in [0.2, 0.25) is 0 Å². The van der Waals surface area contributed by atoms with Crippen molar-refractivity contribution in [3.63, 3.8) is 0 Å². The summed E-state index contributed by atoms with van der Waals surface area (Å²) in [6.45, 7) is 13.0. The van der Waals surface area contributed by atoms with Crippen LogP contribution in [0.25, 0.3) is 49.2 Å². The number of aliphatic imine (C=N–C) groups is 1. The molecule has 236 valence electrons. The van der Waals surface area contributed by atoms with Crippen molar-refractivity contribution in [3.05, 3.63) is 150 Å². The van der Waals surface area contributed by atoms with Crippen molar-refractivity contribution in [3.8, 4) is 0 Å². The number of rotatable bonds is 10. The molecule has 2 aromatic heterocycles. The first kappa shape index (κ1) is 32.0. The predicted octanol–water partition coefficient (Wildman–Crippen LogP) is 8.53. The standard InChI is InChI=1S/C41H37N7/c1-6-13-29(24-43)40-46-39(26(3)15-12-23-42)47-41(48-40)38(44-5)32-19-10-9-17-30(32)27(4)37-33-22-21-28-16-7-8-18-31(28)36(33)35-25(2)14-11-20-34(35)45-37/h6-11,13-22,24,43H,1,4,12,23,42H2,2-3,5H3/b26-15+,29-13+,43-24?,44-38?. The molecule has 7 nitrogen and oxygen atoms in total. The van der Waals surface area contributed by atoms with Crippen molar-refractivity contribution >= 4 is 61.1 Å². The van der Waals surface area contributed by atoms with E-state index in [-0.39, 0.29) is 0 Å². The van der Waals surface area contributed by atoms with E-state index in [0.29, 0.717) is 41.7 Å². The van der Waals surface area contributed by atoms with E-state index in [1.54, 1.807) is 19.2 Å². The summed E-state index contributed by atoms with van der Waals surface area (Å²) >= 11 is 0. The topological polar surface area (TPSA) is 114 Å². The number of hydrogen-bond donors (Lipinski definition) is 2. The van der Waals surface area contributed by atoms with Crippen molar-refractivity contribution < 1.29 is 0 Å². The summed E-state index contributed by atoms with van der Waals surface area (Å²) in [6, 6.07) is 27.0. The normalized spacial score (nSPS) is 12.5. The molecule has 3 N–H and O–H groups in total. The van der Waals surface area contributed by atoms with Crippen molar-refractivity contribution in [1.82, 2.24) is 19.9 Å². The van der Waals surface area contributed by atoms with Crippen LogP contribution in [0.5, 0.6) is 0 Å². The van der Waals surface area contributed by atoms with Gasteiger partial charge in [-0.15, -0.1) is 0 Å². The van der Waals surface area contributed by atoms with Gasteiger partial charge in [-0.25, -0.2) is 19.9 Å². The van der Waals surface area contributed by atoms with Gasteiger partial charge in [-0.1, -0.05) is 104 Å². The number of nitrogens with zero attached hydrogens (tertiary/aromatic N) is 5. The van der Waals surface area contributed by atoms with E-state index in [1.165, 1.54) is 22.6 Å². The van der Waals surface area contributed by atoms with Crippen molar-refractivity contribution in [1.29, 1.82) is 5.41 Å². The highest BCUT2D eigenvalue weighted by molar-refractivity contribution is 6.23. The van der Waals surface area contributed by atoms with Crippen LogP contribution in [0, 0.1) is 12.3 Å². The highest BCUT2D eigenvalue weighted by Gasteiger charge is 2.22. The summed E-state index contributed by atoms with van der Waals surface area (Å²) in [5.74, 6) is 1.22. The van der Waals surface area contributed by atoms with Crippen LogP contribution in [-0.4, -0.2) is 45.5 Å². The smallest absolute Gasteiger partial charge is 0.182 e. The van der Waals surface area contributed by atoms with Gasteiger partial charge in [0, 0.05) is 46.1 Å². The van der Waals surface area contributed by atoms with Crippen molar-refractivity contribution in [2.45, 2.75) is 20.3 Å². The molecule has 0 radical (unpaired) electrons. The Bertz CT molecular complexity index is 2340. The number of nitrogens with one attached hydrogen (secondary N) is 1. The van der Waals surface area contributed by atoms with E-state index in [9.17, 15) is 0 Å². The lowest BCUT2D eigenvalue weighted by Gasteiger charge is -2.18. The lowest BCUT2D eigenvalue weighted by atomic mass is 9.90. The molecule has 0 amide bonds. The minimum Gasteiger partial charge on any atom is -0.330 e. The Morgan fingerprint density at radius 3 is 2.31 bits per heavy atom. The molecule has 0 saturated carbocycles. The number of aromatic nitrogens is 4. The zero-order valence-electron chi connectivity index (χ0n) is 27.5. The van der Waals surface area contributed by atoms with E-state index < -0.39 is 0 Å². The van der Waals surface area contributed by atoms with Crippen LogP contribution in [-0.2, 0) is 0 Å². The third-order valence-corrected chi connectivity index (χ3v) is 8.46. The minimum absolute atomic E-state index is 0.354. The number of benzene rings is 4. The van der Waals surface area contributed by atoms with Crippen molar-refractivity contribution in [2.75, 3.05) is 13.6 Å². The zero-order valence-corrected chi connectivity index (χ0v) is 27.5. The molecule has 0 fully saturated rings. The lowest BCUT2D eigenvalue weighted by molar-refractivity contribution is 0.963. The maximum atomic E-state index is 8.03.